The van der Waals surface area contributed by atoms with E-state index in [4.69, 9.17) is 0 Å². The Morgan fingerprint density at radius 2 is 2.17 bits per heavy atom. The highest BCUT2D eigenvalue weighted by Crippen LogP contribution is 2.30. The highest BCUT2D eigenvalue weighted by atomic mass is 16.1. The fourth-order valence-electron chi connectivity index (χ4n) is 1.64. The van der Waals surface area contributed by atoms with Crippen molar-refractivity contribution >= 4 is 11.5 Å². The lowest BCUT2D eigenvalue weighted by Crippen LogP contribution is -2.11. The third-order valence-corrected chi connectivity index (χ3v) is 2.10. The molecule has 0 N–H and O–H groups in total. The lowest BCUT2D eigenvalue weighted by Gasteiger charge is -2.11. The lowest BCUT2D eigenvalue weighted by molar-refractivity contribution is -0.110. The second-order valence-corrected chi connectivity index (χ2v) is 3.89. The summed E-state index contributed by atoms with van der Waals surface area (Å²) in [4.78, 5) is 15.5. The number of carbonyl (C=O) groups is 1. The van der Waals surface area contributed by atoms with Crippen LogP contribution in [-0.2, 0) is 4.79 Å². The molecular weight excluding hydrogens is 150 g/mol. The molecule has 1 aliphatic carbocycles. The molecule has 0 spiro atoms. The van der Waals surface area contributed by atoms with Crippen LogP contribution in [-0.4, -0.2) is 17.0 Å². The SMILES string of the molecule is CC1(C)CC2=CC(=O)C=CC2=N1. The van der Waals surface area contributed by atoms with Crippen LogP contribution in [0.4, 0.5) is 0 Å². The van der Waals surface area contributed by atoms with Crippen molar-refractivity contribution in [2.75, 3.05) is 0 Å². The van der Waals surface area contributed by atoms with Gasteiger partial charge in [-0.2, -0.15) is 0 Å². The van der Waals surface area contributed by atoms with Gasteiger partial charge in [0.1, 0.15) is 0 Å². The Morgan fingerprint density at radius 1 is 1.42 bits per heavy atom. The molecule has 2 aliphatic rings. The predicted octanol–water partition coefficient (Wildman–Crippen LogP) is 1.68. The van der Waals surface area contributed by atoms with Crippen molar-refractivity contribution in [1.82, 2.24) is 0 Å². The molecule has 2 rings (SSSR count). The molecule has 2 nitrogen and oxygen atoms in total. The van der Waals surface area contributed by atoms with Gasteiger partial charge in [-0.15, -0.1) is 0 Å². The maximum absolute atomic E-state index is 11.0. The molecule has 1 aliphatic heterocycles. The van der Waals surface area contributed by atoms with Crippen molar-refractivity contribution in [3.63, 3.8) is 0 Å². The van der Waals surface area contributed by atoms with E-state index in [1.54, 1.807) is 12.2 Å². The Labute approximate surface area is 71.7 Å². The Kier molecular flexibility index (Phi) is 1.34. The summed E-state index contributed by atoms with van der Waals surface area (Å²) in [6.45, 7) is 4.16. The molecule has 0 fully saturated rings. The first-order valence-electron chi connectivity index (χ1n) is 4.10. The average Bonchev–Trinajstić information content (AvgIpc) is 2.21. The lowest BCUT2D eigenvalue weighted by atomic mass is 9.95. The molecule has 0 saturated carbocycles. The third kappa shape index (κ3) is 1.13. The molecule has 62 valence electrons. The Balaban J connectivity index is 2.42. The van der Waals surface area contributed by atoms with Gasteiger partial charge in [0.2, 0.25) is 0 Å². The number of aliphatic imine (C=N–C) groups is 1. The maximum Gasteiger partial charge on any atom is 0.179 e. The first-order chi connectivity index (χ1) is 5.57. The van der Waals surface area contributed by atoms with Crippen LogP contribution in [0.5, 0.6) is 0 Å². The van der Waals surface area contributed by atoms with Crippen molar-refractivity contribution in [3.05, 3.63) is 23.8 Å². The zero-order chi connectivity index (χ0) is 8.77. The van der Waals surface area contributed by atoms with Gasteiger partial charge in [0.05, 0.1) is 11.3 Å². The molecule has 2 heteroatoms. The van der Waals surface area contributed by atoms with E-state index >= 15 is 0 Å². The first kappa shape index (κ1) is 7.47. The minimum Gasteiger partial charge on any atom is -0.290 e. The smallest absolute Gasteiger partial charge is 0.179 e. The Bertz CT molecular complexity index is 332. The number of carbonyl (C=O) groups excluding carboxylic acids is 1. The topological polar surface area (TPSA) is 29.4 Å². The van der Waals surface area contributed by atoms with E-state index in [1.807, 2.05) is 6.08 Å². The maximum atomic E-state index is 11.0. The van der Waals surface area contributed by atoms with Gasteiger partial charge in [-0.05, 0) is 44.1 Å². The van der Waals surface area contributed by atoms with Gasteiger partial charge in [0, 0.05) is 0 Å². The van der Waals surface area contributed by atoms with Crippen molar-refractivity contribution in [2.45, 2.75) is 25.8 Å². The van der Waals surface area contributed by atoms with E-state index in [0.717, 1.165) is 17.7 Å². The standard InChI is InChI=1S/C10H11NO/c1-10(2)6-7-5-8(12)3-4-9(7)11-10/h3-5H,6H2,1-2H3. The van der Waals surface area contributed by atoms with Crippen LogP contribution in [0.2, 0.25) is 0 Å². The van der Waals surface area contributed by atoms with Gasteiger partial charge in [0.25, 0.3) is 0 Å². The van der Waals surface area contributed by atoms with E-state index in [9.17, 15) is 4.79 Å². The quantitative estimate of drug-likeness (QED) is 0.497. The Hall–Kier alpha value is -1.18. The minimum absolute atomic E-state index is 0.0177. The van der Waals surface area contributed by atoms with Crippen LogP contribution in [0, 0.1) is 0 Å². The van der Waals surface area contributed by atoms with E-state index in [1.165, 1.54) is 0 Å². The minimum atomic E-state index is -0.0177. The molecule has 0 bridgehead atoms. The molecule has 0 saturated heterocycles. The molecule has 0 aromatic rings. The van der Waals surface area contributed by atoms with Crippen LogP contribution >= 0.6 is 0 Å². The third-order valence-electron chi connectivity index (χ3n) is 2.10. The zero-order valence-electron chi connectivity index (χ0n) is 7.29. The average molecular weight is 161 g/mol. The molecular formula is C10H11NO. The van der Waals surface area contributed by atoms with Crippen LogP contribution in [0.1, 0.15) is 20.3 Å². The first-order valence-corrected chi connectivity index (χ1v) is 4.10. The molecule has 0 aromatic carbocycles. The molecule has 1 heterocycles. The number of fused-ring (bicyclic) bond motifs is 1. The molecule has 0 unspecified atom stereocenters. The Morgan fingerprint density at radius 3 is 2.92 bits per heavy atom. The number of hydrogen-bond donors (Lipinski definition) is 0. The molecule has 0 atom stereocenters. The zero-order valence-corrected chi connectivity index (χ0v) is 7.29. The summed E-state index contributed by atoms with van der Waals surface area (Å²) in [5.74, 6) is 0.0849. The summed E-state index contributed by atoms with van der Waals surface area (Å²) < 4.78 is 0. The second kappa shape index (κ2) is 2.16. The largest absolute Gasteiger partial charge is 0.290 e. The van der Waals surface area contributed by atoms with Gasteiger partial charge in [0.15, 0.2) is 5.78 Å². The molecule has 0 radical (unpaired) electrons. The summed E-state index contributed by atoms with van der Waals surface area (Å²) in [6.07, 6.45) is 5.96. The van der Waals surface area contributed by atoms with Crippen LogP contribution in [0.3, 0.4) is 0 Å². The van der Waals surface area contributed by atoms with Gasteiger partial charge in [-0.3, -0.25) is 9.79 Å². The predicted molar refractivity (Wildman–Crippen MR) is 48.4 cm³/mol. The summed E-state index contributed by atoms with van der Waals surface area (Å²) in [7, 11) is 0. The van der Waals surface area contributed by atoms with E-state index < -0.39 is 0 Å². The highest BCUT2D eigenvalue weighted by molar-refractivity contribution is 6.20. The van der Waals surface area contributed by atoms with Gasteiger partial charge < -0.3 is 0 Å². The molecule has 0 amide bonds. The summed E-state index contributed by atoms with van der Waals surface area (Å²) in [5.41, 5.74) is 2.06. The number of hydrogen-bond acceptors (Lipinski definition) is 2. The van der Waals surface area contributed by atoms with Crippen molar-refractivity contribution in [1.29, 1.82) is 0 Å². The second-order valence-electron chi connectivity index (χ2n) is 3.89. The summed E-state index contributed by atoms with van der Waals surface area (Å²) in [5, 5.41) is 0. The normalized spacial score (nSPS) is 25.0. The van der Waals surface area contributed by atoms with Crippen LogP contribution < -0.4 is 0 Å². The highest BCUT2D eigenvalue weighted by Gasteiger charge is 2.29. The van der Waals surface area contributed by atoms with E-state index in [0.29, 0.717) is 0 Å². The summed E-state index contributed by atoms with van der Waals surface area (Å²) in [6, 6.07) is 0. The monoisotopic (exact) mass is 161 g/mol. The van der Waals surface area contributed by atoms with E-state index in [2.05, 4.69) is 18.8 Å². The summed E-state index contributed by atoms with van der Waals surface area (Å²) >= 11 is 0. The van der Waals surface area contributed by atoms with Gasteiger partial charge in [-0.1, -0.05) is 0 Å². The molecule has 12 heavy (non-hydrogen) atoms. The number of allylic oxidation sites excluding steroid dienone is 3. The fraction of sp³-hybridized carbons (Fsp3) is 0.400. The number of nitrogens with zero attached hydrogens (tertiary/aromatic N) is 1. The van der Waals surface area contributed by atoms with Crippen molar-refractivity contribution in [2.24, 2.45) is 4.99 Å². The van der Waals surface area contributed by atoms with Gasteiger partial charge >= 0.3 is 0 Å². The van der Waals surface area contributed by atoms with Crippen molar-refractivity contribution < 1.29 is 4.79 Å². The van der Waals surface area contributed by atoms with E-state index in [-0.39, 0.29) is 11.3 Å². The number of ketones is 1. The fourth-order valence-corrected chi connectivity index (χ4v) is 1.64. The van der Waals surface area contributed by atoms with Crippen molar-refractivity contribution in [3.8, 4) is 0 Å². The number of rotatable bonds is 0. The van der Waals surface area contributed by atoms with Gasteiger partial charge in [-0.25, -0.2) is 0 Å². The molecule has 0 aromatic heterocycles. The van der Waals surface area contributed by atoms with Crippen LogP contribution in [0.25, 0.3) is 0 Å². The van der Waals surface area contributed by atoms with Crippen LogP contribution in [0.15, 0.2) is 28.8 Å².